The maximum atomic E-state index is 13.9. The molecule has 1 aromatic carbocycles. The molecule has 0 spiro atoms. The molecule has 0 aromatic heterocycles. The normalized spacial score (nSPS) is 19.3. The van der Waals surface area contributed by atoms with E-state index >= 15 is 0 Å². The summed E-state index contributed by atoms with van der Waals surface area (Å²) in [5, 5.41) is 3.60. The van der Waals surface area contributed by atoms with Crippen LogP contribution in [0.25, 0.3) is 0 Å². The molecule has 0 bridgehead atoms. The fraction of sp³-hybridized carbons (Fsp3) is 0.571. The van der Waals surface area contributed by atoms with Crippen molar-refractivity contribution in [2.24, 2.45) is 0 Å². The van der Waals surface area contributed by atoms with E-state index in [-0.39, 0.29) is 17.5 Å². The van der Waals surface area contributed by atoms with Gasteiger partial charge in [0.2, 0.25) is 0 Å². The molecule has 18 heavy (non-hydrogen) atoms. The van der Waals surface area contributed by atoms with Gasteiger partial charge in [0, 0.05) is 23.7 Å². The fourth-order valence-electron chi connectivity index (χ4n) is 2.59. The van der Waals surface area contributed by atoms with Crippen molar-refractivity contribution in [1.29, 1.82) is 0 Å². The predicted octanol–water partition coefficient (Wildman–Crippen LogP) is 3.70. The maximum absolute atomic E-state index is 13.9. The van der Waals surface area contributed by atoms with Crippen LogP contribution in [0.1, 0.15) is 37.3 Å². The third kappa shape index (κ3) is 2.68. The van der Waals surface area contributed by atoms with Crippen LogP contribution in [0.3, 0.4) is 0 Å². The van der Waals surface area contributed by atoms with Crippen LogP contribution in [0.15, 0.2) is 18.2 Å². The molecule has 4 heteroatoms. The van der Waals surface area contributed by atoms with Crippen LogP contribution in [0.2, 0.25) is 5.02 Å². The first-order valence-corrected chi connectivity index (χ1v) is 6.65. The lowest BCUT2D eigenvalue weighted by Gasteiger charge is -2.43. The van der Waals surface area contributed by atoms with Gasteiger partial charge in [-0.15, -0.1) is 0 Å². The Bertz CT molecular complexity index is 415. The third-order valence-corrected chi connectivity index (χ3v) is 4.20. The molecular weight excluding hydrogens is 253 g/mol. The lowest BCUT2D eigenvalue weighted by atomic mass is 9.74. The van der Waals surface area contributed by atoms with E-state index in [4.69, 9.17) is 16.3 Å². The van der Waals surface area contributed by atoms with Crippen LogP contribution in [-0.4, -0.2) is 19.8 Å². The second-order valence-electron chi connectivity index (χ2n) is 4.95. The number of hydrogen-bond acceptors (Lipinski definition) is 2. The second kappa shape index (κ2) is 5.55. The number of benzene rings is 1. The highest BCUT2D eigenvalue weighted by molar-refractivity contribution is 6.30. The first-order valence-electron chi connectivity index (χ1n) is 6.27. The van der Waals surface area contributed by atoms with Crippen LogP contribution < -0.4 is 5.32 Å². The average Bonchev–Trinajstić information content (AvgIpc) is 2.30. The summed E-state index contributed by atoms with van der Waals surface area (Å²) < 4.78 is 19.5. The molecule has 1 unspecified atom stereocenters. The van der Waals surface area contributed by atoms with E-state index in [1.807, 2.05) is 7.05 Å². The topological polar surface area (TPSA) is 21.3 Å². The zero-order valence-electron chi connectivity index (χ0n) is 10.8. The van der Waals surface area contributed by atoms with E-state index in [1.165, 1.54) is 12.5 Å². The van der Waals surface area contributed by atoms with Crippen LogP contribution in [0, 0.1) is 5.82 Å². The minimum absolute atomic E-state index is 0.0393. The largest absolute Gasteiger partial charge is 0.378 e. The molecule has 0 radical (unpaired) electrons. The van der Waals surface area contributed by atoms with Gasteiger partial charge >= 0.3 is 0 Å². The van der Waals surface area contributed by atoms with Gasteiger partial charge in [-0.25, -0.2) is 4.39 Å². The smallest absolute Gasteiger partial charge is 0.129 e. The van der Waals surface area contributed by atoms with Crippen molar-refractivity contribution < 1.29 is 9.13 Å². The van der Waals surface area contributed by atoms with Gasteiger partial charge in [-0.1, -0.05) is 17.7 Å². The third-order valence-electron chi connectivity index (χ3n) is 3.96. The van der Waals surface area contributed by atoms with Gasteiger partial charge in [0.1, 0.15) is 5.82 Å². The Kier molecular flexibility index (Phi) is 4.25. The van der Waals surface area contributed by atoms with Gasteiger partial charge in [-0.3, -0.25) is 0 Å². The first-order chi connectivity index (χ1) is 8.60. The van der Waals surface area contributed by atoms with Crippen molar-refractivity contribution in [3.05, 3.63) is 34.6 Å². The molecule has 2 nitrogen and oxygen atoms in total. The molecule has 1 saturated carbocycles. The molecule has 0 saturated heterocycles. The molecule has 1 aliphatic rings. The predicted molar refractivity (Wildman–Crippen MR) is 71.4 cm³/mol. The Morgan fingerprint density at radius 3 is 2.67 bits per heavy atom. The van der Waals surface area contributed by atoms with E-state index in [1.54, 1.807) is 19.2 Å². The Morgan fingerprint density at radius 2 is 2.22 bits per heavy atom. The van der Waals surface area contributed by atoms with Gasteiger partial charge in [0.05, 0.1) is 5.60 Å². The Hall–Kier alpha value is -0.640. The molecule has 1 atom stereocenters. The molecular formula is C14H19ClFNO. The van der Waals surface area contributed by atoms with E-state index in [0.29, 0.717) is 10.6 Å². The zero-order chi connectivity index (χ0) is 13.2. The number of methoxy groups -OCH3 is 1. The lowest BCUT2D eigenvalue weighted by Crippen LogP contribution is -2.42. The van der Waals surface area contributed by atoms with Crippen molar-refractivity contribution in [2.75, 3.05) is 14.2 Å². The summed E-state index contributed by atoms with van der Waals surface area (Å²) in [4.78, 5) is 0. The van der Waals surface area contributed by atoms with E-state index in [0.717, 1.165) is 19.3 Å². The molecule has 2 rings (SSSR count). The highest BCUT2D eigenvalue weighted by atomic mass is 35.5. The summed E-state index contributed by atoms with van der Waals surface area (Å²) in [6.07, 6.45) is 4.08. The van der Waals surface area contributed by atoms with E-state index in [9.17, 15) is 4.39 Å². The molecule has 100 valence electrons. The molecule has 1 N–H and O–H groups in total. The molecule has 0 amide bonds. The first kappa shape index (κ1) is 13.8. The minimum atomic E-state index is -0.257. The molecule has 1 aliphatic carbocycles. The maximum Gasteiger partial charge on any atom is 0.129 e. The number of halogens is 2. The number of hydrogen-bond donors (Lipinski definition) is 1. The summed E-state index contributed by atoms with van der Waals surface area (Å²) >= 11 is 5.78. The van der Waals surface area contributed by atoms with Crippen molar-refractivity contribution in [3.8, 4) is 0 Å². The SMILES string of the molecule is CNC(CC1(OC)CCC1)c1ccc(Cl)cc1F. The standard InChI is InChI=1S/C14H19ClFNO/c1-17-13(9-14(18-2)6-3-7-14)11-5-4-10(15)8-12(11)16/h4-5,8,13,17H,3,6-7,9H2,1-2H3. The van der Waals surface area contributed by atoms with Gasteiger partial charge < -0.3 is 10.1 Å². The van der Waals surface area contributed by atoms with Gasteiger partial charge in [0.25, 0.3) is 0 Å². The Labute approximate surface area is 112 Å². The summed E-state index contributed by atoms with van der Waals surface area (Å²) in [5.41, 5.74) is 0.574. The van der Waals surface area contributed by atoms with Crippen molar-refractivity contribution >= 4 is 11.6 Å². The monoisotopic (exact) mass is 271 g/mol. The van der Waals surface area contributed by atoms with Gasteiger partial charge in [0.15, 0.2) is 0 Å². The number of ether oxygens (including phenoxy) is 1. The van der Waals surface area contributed by atoms with Crippen molar-refractivity contribution in [2.45, 2.75) is 37.3 Å². The minimum Gasteiger partial charge on any atom is -0.378 e. The van der Waals surface area contributed by atoms with Crippen LogP contribution in [0.4, 0.5) is 4.39 Å². The quantitative estimate of drug-likeness (QED) is 0.882. The van der Waals surface area contributed by atoms with Crippen LogP contribution >= 0.6 is 11.6 Å². The summed E-state index contributed by atoms with van der Waals surface area (Å²) in [6.45, 7) is 0. The molecule has 1 fully saturated rings. The highest BCUT2D eigenvalue weighted by Crippen LogP contribution is 2.42. The molecule has 0 aliphatic heterocycles. The van der Waals surface area contributed by atoms with Gasteiger partial charge in [-0.2, -0.15) is 0 Å². The average molecular weight is 272 g/mol. The number of rotatable bonds is 5. The van der Waals surface area contributed by atoms with Gasteiger partial charge in [-0.05, 0) is 44.9 Å². The lowest BCUT2D eigenvalue weighted by molar-refractivity contribution is -0.0836. The van der Waals surface area contributed by atoms with E-state index < -0.39 is 0 Å². The summed E-state index contributed by atoms with van der Waals surface area (Å²) in [5.74, 6) is -0.257. The zero-order valence-corrected chi connectivity index (χ0v) is 11.6. The summed E-state index contributed by atoms with van der Waals surface area (Å²) in [6, 6.07) is 4.80. The van der Waals surface area contributed by atoms with E-state index in [2.05, 4.69) is 5.32 Å². The summed E-state index contributed by atoms with van der Waals surface area (Å²) in [7, 11) is 3.59. The fourth-order valence-corrected chi connectivity index (χ4v) is 2.75. The van der Waals surface area contributed by atoms with Crippen LogP contribution in [0.5, 0.6) is 0 Å². The Morgan fingerprint density at radius 1 is 1.50 bits per heavy atom. The highest BCUT2D eigenvalue weighted by Gasteiger charge is 2.39. The molecule has 0 heterocycles. The van der Waals surface area contributed by atoms with Crippen molar-refractivity contribution in [1.82, 2.24) is 5.32 Å². The van der Waals surface area contributed by atoms with Crippen molar-refractivity contribution in [3.63, 3.8) is 0 Å². The molecule has 1 aromatic rings. The van der Waals surface area contributed by atoms with Crippen LogP contribution in [-0.2, 0) is 4.74 Å². The number of nitrogens with one attached hydrogen (secondary N) is 1. The Balaban J connectivity index is 2.17. The second-order valence-corrected chi connectivity index (χ2v) is 5.39.